The van der Waals surface area contributed by atoms with Crippen molar-refractivity contribution in [3.63, 3.8) is 0 Å². The molecule has 0 saturated heterocycles. The largest absolute Gasteiger partial charge is 0.482 e. The van der Waals surface area contributed by atoms with Crippen LogP contribution in [0.5, 0.6) is 5.75 Å². The summed E-state index contributed by atoms with van der Waals surface area (Å²) in [5.74, 6) is -0.564. The SMILES string of the molecule is CCCCOC(=O)COc1ccc(CC(O)C(=O)OCc2ccccc2)cc1. The number of esters is 2. The molecule has 0 bridgehead atoms. The lowest BCUT2D eigenvalue weighted by atomic mass is 10.1. The predicted molar refractivity (Wildman–Crippen MR) is 104 cm³/mol. The van der Waals surface area contributed by atoms with Gasteiger partial charge in [0.05, 0.1) is 6.61 Å². The van der Waals surface area contributed by atoms with E-state index >= 15 is 0 Å². The molecule has 2 rings (SSSR count). The van der Waals surface area contributed by atoms with Gasteiger partial charge >= 0.3 is 11.9 Å². The predicted octanol–water partition coefficient (Wildman–Crippen LogP) is 3.06. The Morgan fingerprint density at radius 2 is 1.68 bits per heavy atom. The van der Waals surface area contributed by atoms with Gasteiger partial charge in [-0.2, -0.15) is 0 Å². The summed E-state index contributed by atoms with van der Waals surface area (Å²) in [6.07, 6.45) is 0.675. The van der Waals surface area contributed by atoms with Crippen LogP contribution in [0.15, 0.2) is 54.6 Å². The van der Waals surface area contributed by atoms with Crippen LogP contribution in [-0.2, 0) is 32.1 Å². The molecule has 28 heavy (non-hydrogen) atoms. The second-order valence-electron chi connectivity index (χ2n) is 6.32. The average molecular weight is 386 g/mol. The first-order valence-electron chi connectivity index (χ1n) is 9.34. The van der Waals surface area contributed by atoms with Crippen molar-refractivity contribution in [2.75, 3.05) is 13.2 Å². The molecule has 1 atom stereocenters. The van der Waals surface area contributed by atoms with E-state index in [4.69, 9.17) is 14.2 Å². The Hall–Kier alpha value is -2.86. The fraction of sp³-hybridized carbons (Fsp3) is 0.364. The molecule has 1 N–H and O–H groups in total. The van der Waals surface area contributed by atoms with Crippen LogP contribution in [-0.4, -0.2) is 36.4 Å². The topological polar surface area (TPSA) is 82.1 Å². The fourth-order valence-corrected chi connectivity index (χ4v) is 2.37. The summed E-state index contributed by atoms with van der Waals surface area (Å²) in [6, 6.07) is 16.1. The van der Waals surface area contributed by atoms with Crippen molar-refractivity contribution in [2.24, 2.45) is 0 Å². The Labute approximate surface area is 165 Å². The molecule has 0 amide bonds. The van der Waals surface area contributed by atoms with E-state index in [9.17, 15) is 14.7 Å². The number of aliphatic hydroxyl groups excluding tert-OH is 1. The number of carbonyl (C=O) groups is 2. The first kappa shape index (κ1) is 21.4. The molecule has 0 aliphatic carbocycles. The number of aliphatic hydroxyl groups is 1. The summed E-state index contributed by atoms with van der Waals surface area (Å²) in [5.41, 5.74) is 1.61. The number of rotatable bonds is 11. The molecular weight excluding hydrogens is 360 g/mol. The number of benzene rings is 2. The van der Waals surface area contributed by atoms with Crippen molar-refractivity contribution in [2.45, 2.75) is 38.9 Å². The van der Waals surface area contributed by atoms with E-state index in [1.807, 2.05) is 37.3 Å². The molecule has 0 spiro atoms. The molecule has 1 unspecified atom stereocenters. The highest BCUT2D eigenvalue weighted by Crippen LogP contribution is 2.14. The molecule has 2 aromatic carbocycles. The minimum Gasteiger partial charge on any atom is -0.482 e. The first-order valence-corrected chi connectivity index (χ1v) is 9.34. The third-order valence-corrected chi connectivity index (χ3v) is 3.97. The van der Waals surface area contributed by atoms with Crippen molar-refractivity contribution in [3.8, 4) is 5.75 Å². The summed E-state index contributed by atoms with van der Waals surface area (Å²) in [4.78, 5) is 23.4. The molecule has 0 aliphatic rings. The van der Waals surface area contributed by atoms with Crippen LogP contribution in [0.3, 0.4) is 0 Å². The molecular formula is C22H26O6. The van der Waals surface area contributed by atoms with Crippen molar-refractivity contribution in [3.05, 3.63) is 65.7 Å². The van der Waals surface area contributed by atoms with E-state index in [-0.39, 0.29) is 19.6 Å². The van der Waals surface area contributed by atoms with Crippen LogP contribution in [0.1, 0.15) is 30.9 Å². The van der Waals surface area contributed by atoms with Crippen molar-refractivity contribution in [1.29, 1.82) is 0 Å². The normalized spacial score (nSPS) is 11.5. The smallest absolute Gasteiger partial charge is 0.344 e. The van der Waals surface area contributed by atoms with E-state index in [1.54, 1.807) is 24.3 Å². The van der Waals surface area contributed by atoms with Gasteiger partial charge in [0.2, 0.25) is 0 Å². The zero-order chi connectivity index (χ0) is 20.2. The van der Waals surface area contributed by atoms with Gasteiger partial charge in [-0.25, -0.2) is 9.59 Å². The van der Waals surface area contributed by atoms with Gasteiger partial charge in [0.15, 0.2) is 12.7 Å². The Morgan fingerprint density at radius 3 is 2.36 bits per heavy atom. The van der Waals surface area contributed by atoms with Gasteiger partial charge in [-0.1, -0.05) is 55.8 Å². The molecule has 0 heterocycles. The molecule has 0 fully saturated rings. The van der Waals surface area contributed by atoms with Gasteiger partial charge in [0.25, 0.3) is 0 Å². The van der Waals surface area contributed by atoms with Crippen molar-refractivity contribution >= 4 is 11.9 Å². The standard InChI is InChI=1S/C22H26O6/c1-2-3-13-26-21(24)16-27-19-11-9-17(10-12-19)14-20(23)22(25)28-15-18-7-5-4-6-8-18/h4-12,20,23H,2-3,13-16H2,1H3. The third-order valence-electron chi connectivity index (χ3n) is 3.97. The van der Waals surface area contributed by atoms with E-state index < -0.39 is 18.0 Å². The second-order valence-corrected chi connectivity index (χ2v) is 6.32. The van der Waals surface area contributed by atoms with Gasteiger partial charge in [0, 0.05) is 6.42 Å². The van der Waals surface area contributed by atoms with Crippen LogP contribution in [0.25, 0.3) is 0 Å². The van der Waals surface area contributed by atoms with E-state index in [1.165, 1.54) is 0 Å². The summed E-state index contributed by atoms with van der Waals surface area (Å²) in [5, 5.41) is 10.0. The molecule has 0 aliphatic heterocycles. The maximum Gasteiger partial charge on any atom is 0.344 e. The molecule has 2 aromatic rings. The summed E-state index contributed by atoms with van der Waals surface area (Å²) >= 11 is 0. The molecule has 0 aromatic heterocycles. The quantitative estimate of drug-likeness (QED) is 0.472. The zero-order valence-electron chi connectivity index (χ0n) is 16.0. The average Bonchev–Trinajstić information content (AvgIpc) is 2.72. The van der Waals surface area contributed by atoms with Crippen LogP contribution in [0.2, 0.25) is 0 Å². The molecule has 6 nitrogen and oxygen atoms in total. The van der Waals surface area contributed by atoms with Crippen LogP contribution < -0.4 is 4.74 Å². The number of unbranched alkanes of at least 4 members (excludes halogenated alkanes) is 1. The maximum atomic E-state index is 11.9. The van der Waals surface area contributed by atoms with Crippen LogP contribution in [0.4, 0.5) is 0 Å². The highest BCUT2D eigenvalue weighted by atomic mass is 16.6. The number of hydrogen-bond acceptors (Lipinski definition) is 6. The van der Waals surface area contributed by atoms with Crippen molar-refractivity contribution < 1.29 is 28.9 Å². The lowest BCUT2D eigenvalue weighted by molar-refractivity contribution is -0.154. The molecule has 6 heteroatoms. The van der Waals surface area contributed by atoms with Gasteiger partial charge in [-0.15, -0.1) is 0 Å². The monoisotopic (exact) mass is 386 g/mol. The van der Waals surface area contributed by atoms with Crippen molar-refractivity contribution in [1.82, 2.24) is 0 Å². The van der Waals surface area contributed by atoms with E-state index in [0.29, 0.717) is 12.4 Å². The first-order chi connectivity index (χ1) is 13.6. The lowest BCUT2D eigenvalue weighted by Gasteiger charge is -2.11. The Kier molecular flexibility index (Phi) is 9.01. The third kappa shape index (κ3) is 7.80. The lowest BCUT2D eigenvalue weighted by Crippen LogP contribution is -2.25. The molecule has 0 saturated carbocycles. The highest BCUT2D eigenvalue weighted by molar-refractivity contribution is 5.74. The Bertz CT molecular complexity index is 726. The molecule has 150 valence electrons. The molecule has 0 radical (unpaired) electrons. The van der Waals surface area contributed by atoms with E-state index in [2.05, 4.69) is 0 Å². The van der Waals surface area contributed by atoms with Crippen LogP contribution >= 0.6 is 0 Å². The second kappa shape index (κ2) is 11.8. The Morgan fingerprint density at radius 1 is 0.964 bits per heavy atom. The summed E-state index contributed by atoms with van der Waals surface area (Å²) < 4.78 is 15.5. The number of ether oxygens (including phenoxy) is 3. The summed E-state index contributed by atoms with van der Waals surface area (Å²) in [6.45, 7) is 2.39. The van der Waals surface area contributed by atoms with Gasteiger partial charge in [-0.05, 0) is 29.7 Å². The summed E-state index contributed by atoms with van der Waals surface area (Å²) in [7, 11) is 0. The van der Waals surface area contributed by atoms with E-state index in [0.717, 1.165) is 24.0 Å². The minimum atomic E-state index is -1.25. The Balaban J connectivity index is 1.73. The van der Waals surface area contributed by atoms with Gasteiger partial charge < -0.3 is 19.3 Å². The van der Waals surface area contributed by atoms with Crippen LogP contribution in [0, 0.1) is 0 Å². The fourth-order valence-electron chi connectivity index (χ4n) is 2.37. The number of carbonyl (C=O) groups excluding carboxylic acids is 2. The highest BCUT2D eigenvalue weighted by Gasteiger charge is 2.17. The number of hydrogen-bond donors (Lipinski definition) is 1. The van der Waals surface area contributed by atoms with Gasteiger partial charge in [0.1, 0.15) is 12.4 Å². The van der Waals surface area contributed by atoms with Gasteiger partial charge in [-0.3, -0.25) is 0 Å². The zero-order valence-corrected chi connectivity index (χ0v) is 16.0. The maximum absolute atomic E-state index is 11.9. The minimum absolute atomic E-state index is 0.123.